The van der Waals surface area contributed by atoms with Crippen molar-refractivity contribution in [3.8, 4) is 0 Å². The van der Waals surface area contributed by atoms with Gasteiger partial charge in [0, 0.05) is 12.1 Å². The molecule has 0 aliphatic heterocycles. The van der Waals surface area contributed by atoms with E-state index in [0.29, 0.717) is 33.4 Å². The van der Waals surface area contributed by atoms with E-state index in [1.807, 2.05) is 13.0 Å². The summed E-state index contributed by atoms with van der Waals surface area (Å²) in [6.07, 6.45) is 1.02. The topological polar surface area (TPSA) is 49.8 Å². The molecule has 0 bridgehead atoms. The van der Waals surface area contributed by atoms with Crippen LogP contribution >= 0.6 is 23.2 Å². The molecule has 0 saturated heterocycles. The van der Waals surface area contributed by atoms with Crippen molar-refractivity contribution in [1.29, 1.82) is 0 Å². The van der Waals surface area contributed by atoms with Gasteiger partial charge in [-0.1, -0.05) is 36.2 Å². The largest absolute Gasteiger partial charge is 0.367 e. The van der Waals surface area contributed by atoms with Crippen molar-refractivity contribution in [2.75, 3.05) is 10.6 Å². The SMILES string of the molecule is CCC(C)Nc1cc(Nc2c(Cl)cccc2Cl)nc(C)n1. The van der Waals surface area contributed by atoms with Crippen molar-refractivity contribution in [2.45, 2.75) is 33.2 Å². The summed E-state index contributed by atoms with van der Waals surface area (Å²) >= 11 is 12.3. The Balaban J connectivity index is 2.28. The standard InChI is InChI=1S/C15H18Cl2N4/c1-4-9(2)18-13-8-14(20-10(3)19-13)21-15-11(16)6-5-7-12(15)17/h5-9H,4H2,1-3H3,(H2,18,19,20,21). The number of anilines is 3. The van der Waals surface area contributed by atoms with Gasteiger partial charge in [-0.3, -0.25) is 0 Å². The monoisotopic (exact) mass is 324 g/mol. The highest BCUT2D eigenvalue weighted by Crippen LogP contribution is 2.32. The zero-order valence-corrected chi connectivity index (χ0v) is 13.8. The van der Waals surface area contributed by atoms with E-state index >= 15 is 0 Å². The fourth-order valence-corrected chi connectivity index (χ4v) is 2.30. The van der Waals surface area contributed by atoms with Crippen LogP contribution in [0.2, 0.25) is 10.0 Å². The number of aromatic nitrogens is 2. The van der Waals surface area contributed by atoms with Crippen LogP contribution in [-0.4, -0.2) is 16.0 Å². The number of hydrogen-bond donors (Lipinski definition) is 2. The average Bonchev–Trinajstić information content (AvgIpc) is 2.42. The third-order valence-corrected chi connectivity index (χ3v) is 3.69. The molecule has 2 rings (SSSR count). The summed E-state index contributed by atoms with van der Waals surface area (Å²) in [5.74, 6) is 2.11. The van der Waals surface area contributed by atoms with Crippen molar-refractivity contribution < 1.29 is 0 Å². The summed E-state index contributed by atoms with van der Waals surface area (Å²) in [6.45, 7) is 6.07. The van der Waals surface area contributed by atoms with E-state index in [1.165, 1.54) is 0 Å². The Labute approximate surface area is 134 Å². The molecule has 112 valence electrons. The fourth-order valence-electron chi connectivity index (χ4n) is 1.81. The molecular formula is C15H18Cl2N4. The van der Waals surface area contributed by atoms with Crippen LogP contribution in [-0.2, 0) is 0 Å². The Morgan fingerprint density at radius 3 is 2.38 bits per heavy atom. The van der Waals surface area contributed by atoms with E-state index in [9.17, 15) is 0 Å². The van der Waals surface area contributed by atoms with Crippen molar-refractivity contribution in [3.05, 3.63) is 40.1 Å². The summed E-state index contributed by atoms with van der Waals surface area (Å²) in [5.41, 5.74) is 0.647. The van der Waals surface area contributed by atoms with Crippen LogP contribution in [0.3, 0.4) is 0 Å². The second-order valence-corrected chi connectivity index (χ2v) is 5.68. The fraction of sp³-hybridized carbons (Fsp3) is 0.333. The highest BCUT2D eigenvalue weighted by molar-refractivity contribution is 6.39. The molecule has 1 heterocycles. The highest BCUT2D eigenvalue weighted by Gasteiger charge is 2.09. The van der Waals surface area contributed by atoms with E-state index in [4.69, 9.17) is 23.2 Å². The lowest BCUT2D eigenvalue weighted by atomic mass is 10.2. The van der Waals surface area contributed by atoms with Crippen LogP contribution in [0, 0.1) is 6.92 Å². The molecule has 0 aliphatic rings. The minimum Gasteiger partial charge on any atom is -0.367 e. The second-order valence-electron chi connectivity index (χ2n) is 4.86. The molecule has 4 nitrogen and oxygen atoms in total. The second kappa shape index (κ2) is 6.96. The average molecular weight is 325 g/mol. The molecule has 1 aromatic heterocycles. The number of nitrogens with zero attached hydrogens (tertiary/aromatic N) is 2. The van der Waals surface area contributed by atoms with Gasteiger partial charge in [0.25, 0.3) is 0 Å². The van der Waals surface area contributed by atoms with Crippen LogP contribution in [0.15, 0.2) is 24.3 Å². The van der Waals surface area contributed by atoms with Crippen LogP contribution in [0.4, 0.5) is 17.3 Å². The molecule has 1 unspecified atom stereocenters. The molecule has 0 aliphatic carbocycles. The first-order chi connectivity index (χ1) is 9.99. The summed E-state index contributed by atoms with van der Waals surface area (Å²) in [7, 11) is 0. The van der Waals surface area contributed by atoms with Gasteiger partial charge in [0.2, 0.25) is 0 Å². The maximum Gasteiger partial charge on any atom is 0.136 e. The van der Waals surface area contributed by atoms with Crippen LogP contribution in [0.1, 0.15) is 26.1 Å². The van der Waals surface area contributed by atoms with E-state index in [2.05, 4.69) is 34.4 Å². The maximum atomic E-state index is 6.16. The van der Waals surface area contributed by atoms with E-state index in [1.54, 1.807) is 18.2 Å². The van der Waals surface area contributed by atoms with E-state index < -0.39 is 0 Å². The van der Waals surface area contributed by atoms with Gasteiger partial charge in [0.05, 0.1) is 15.7 Å². The lowest BCUT2D eigenvalue weighted by Gasteiger charge is -2.15. The number of rotatable bonds is 5. The zero-order valence-electron chi connectivity index (χ0n) is 12.2. The number of benzene rings is 1. The molecular weight excluding hydrogens is 307 g/mol. The molecule has 1 aromatic carbocycles. The van der Waals surface area contributed by atoms with Crippen molar-refractivity contribution in [1.82, 2.24) is 9.97 Å². The molecule has 0 radical (unpaired) electrons. The predicted octanol–water partition coefficient (Wildman–Crippen LogP) is 5.05. The van der Waals surface area contributed by atoms with Crippen LogP contribution in [0.25, 0.3) is 0 Å². The molecule has 0 saturated carbocycles. The van der Waals surface area contributed by atoms with E-state index in [-0.39, 0.29) is 0 Å². The third-order valence-electron chi connectivity index (χ3n) is 3.06. The first-order valence-electron chi connectivity index (χ1n) is 6.83. The number of halogens is 2. The summed E-state index contributed by atoms with van der Waals surface area (Å²) in [5, 5.41) is 7.59. The molecule has 0 fully saturated rings. The molecule has 6 heteroatoms. The molecule has 2 aromatic rings. The third kappa shape index (κ3) is 4.22. The van der Waals surface area contributed by atoms with Crippen molar-refractivity contribution in [2.24, 2.45) is 0 Å². The van der Waals surface area contributed by atoms with Gasteiger partial charge in [-0.15, -0.1) is 0 Å². The molecule has 1 atom stereocenters. The minimum atomic E-state index is 0.344. The smallest absolute Gasteiger partial charge is 0.136 e. The lowest BCUT2D eigenvalue weighted by Crippen LogP contribution is -2.15. The quantitative estimate of drug-likeness (QED) is 0.808. The predicted molar refractivity (Wildman–Crippen MR) is 89.9 cm³/mol. The number of hydrogen-bond acceptors (Lipinski definition) is 4. The number of para-hydroxylation sites is 1. The Hall–Kier alpha value is -1.52. The first-order valence-corrected chi connectivity index (χ1v) is 7.58. The van der Waals surface area contributed by atoms with Gasteiger partial charge in [-0.05, 0) is 32.4 Å². The molecule has 2 N–H and O–H groups in total. The Morgan fingerprint density at radius 1 is 1.14 bits per heavy atom. The summed E-state index contributed by atoms with van der Waals surface area (Å²) in [6, 6.07) is 7.55. The summed E-state index contributed by atoms with van der Waals surface area (Å²) in [4.78, 5) is 8.75. The van der Waals surface area contributed by atoms with Crippen molar-refractivity contribution in [3.63, 3.8) is 0 Å². The summed E-state index contributed by atoms with van der Waals surface area (Å²) < 4.78 is 0. The molecule has 21 heavy (non-hydrogen) atoms. The minimum absolute atomic E-state index is 0.344. The van der Waals surface area contributed by atoms with Crippen molar-refractivity contribution >= 4 is 40.5 Å². The van der Waals surface area contributed by atoms with Crippen LogP contribution in [0.5, 0.6) is 0 Å². The van der Waals surface area contributed by atoms with Gasteiger partial charge < -0.3 is 10.6 Å². The van der Waals surface area contributed by atoms with Gasteiger partial charge in [-0.25, -0.2) is 9.97 Å². The molecule has 0 spiro atoms. The lowest BCUT2D eigenvalue weighted by molar-refractivity contribution is 0.757. The van der Waals surface area contributed by atoms with Crippen LogP contribution < -0.4 is 10.6 Å². The number of aryl methyl sites for hydroxylation is 1. The maximum absolute atomic E-state index is 6.16. The van der Waals surface area contributed by atoms with Gasteiger partial charge in [0.15, 0.2) is 0 Å². The highest BCUT2D eigenvalue weighted by atomic mass is 35.5. The van der Waals surface area contributed by atoms with Gasteiger partial charge >= 0.3 is 0 Å². The number of nitrogens with one attached hydrogen (secondary N) is 2. The Morgan fingerprint density at radius 2 is 1.76 bits per heavy atom. The Kier molecular flexibility index (Phi) is 5.26. The zero-order chi connectivity index (χ0) is 15.4. The Bertz CT molecular complexity index is 611. The van der Waals surface area contributed by atoms with E-state index in [0.717, 1.165) is 12.2 Å². The normalized spacial score (nSPS) is 12.0. The first kappa shape index (κ1) is 15.9. The van der Waals surface area contributed by atoms with Gasteiger partial charge in [0.1, 0.15) is 17.5 Å². The molecule has 0 amide bonds. The van der Waals surface area contributed by atoms with Gasteiger partial charge in [-0.2, -0.15) is 0 Å².